The summed E-state index contributed by atoms with van der Waals surface area (Å²) in [5.41, 5.74) is -0.308. The van der Waals surface area contributed by atoms with E-state index in [1.807, 2.05) is 0 Å². The average molecular weight is 275 g/mol. The van der Waals surface area contributed by atoms with Crippen molar-refractivity contribution in [3.8, 4) is 0 Å². The Balaban J connectivity index is 2.81. The molecule has 0 aliphatic carbocycles. The smallest absolute Gasteiger partial charge is 0.243 e. The number of hydrogen-bond donors (Lipinski definition) is 2. The second-order valence-electron chi connectivity index (χ2n) is 4.89. The Morgan fingerprint density at radius 2 is 2.00 bits per heavy atom. The van der Waals surface area contributed by atoms with Crippen molar-refractivity contribution in [1.29, 1.82) is 0 Å². The van der Waals surface area contributed by atoms with Crippen LogP contribution in [-0.2, 0) is 10.0 Å². The summed E-state index contributed by atoms with van der Waals surface area (Å²) in [6, 6.07) is 3.94. The van der Waals surface area contributed by atoms with Crippen molar-refractivity contribution in [2.75, 3.05) is 6.54 Å². The highest BCUT2D eigenvalue weighted by molar-refractivity contribution is 7.89. The van der Waals surface area contributed by atoms with Crippen molar-refractivity contribution in [2.45, 2.75) is 37.7 Å². The summed E-state index contributed by atoms with van der Waals surface area (Å²) in [7, 11) is -3.87. The Bertz CT molecular complexity index is 521. The van der Waals surface area contributed by atoms with Gasteiger partial charge < -0.3 is 5.11 Å². The van der Waals surface area contributed by atoms with Gasteiger partial charge in [0.25, 0.3) is 0 Å². The number of aryl methyl sites for hydroxylation is 1. The lowest BCUT2D eigenvalue weighted by Crippen LogP contribution is -2.31. The molecule has 0 bridgehead atoms. The molecule has 0 spiro atoms. The van der Waals surface area contributed by atoms with Crippen molar-refractivity contribution in [2.24, 2.45) is 0 Å². The van der Waals surface area contributed by atoms with Gasteiger partial charge in [0.05, 0.1) is 5.60 Å². The van der Waals surface area contributed by atoms with E-state index in [4.69, 9.17) is 0 Å². The van der Waals surface area contributed by atoms with Crippen LogP contribution < -0.4 is 4.72 Å². The molecule has 2 N–H and O–H groups in total. The predicted molar refractivity (Wildman–Crippen MR) is 67.2 cm³/mol. The first-order valence-electron chi connectivity index (χ1n) is 5.60. The third-order valence-corrected chi connectivity index (χ3v) is 3.90. The Labute approximate surface area is 107 Å². The van der Waals surface area contributed by atoms with E-state index in [9.17, 15) is 17.9 Å². The molecule has 0 heterocycles. The largest absolute Gasteiger partial charge is 0.390 e. The van der Waals surface area contributed by atoms with Gasteiger partial charge in [0.15, 0.2) is 0 Å². The van der Waals surface area contributed by atoms with Gasteiger partial charge in [0.1, 0.15) is 10.7 Å². The molecule has 0 saturated heterocycles. The number of sulfonamides is 1. The number of halogens is 1. The average Bonchev–Trinajstić information content (AvgIpc) is 2.13. The van der Waals surface area contributed by atoms with E-state index in [0.717, 1.165) is 0 Å². The molecule has 102 valence electrons. The molecule has 1 aromatic carbocycles. The van der Waals surface area contributed by atoms with Crippen LogP contribution in [0.15, 0.2) is 23.1 Å². The van der Waals surface area contributed by atoms with Crippen LogP contribution in [0.1, 0.15) is 25.8 Å². The van der Waals surface area contributed by atoms with Crippen molar-refractivity contribution in [1.82, 2.24) is 4.72 Å². The molecular weight excluding hydrogens is 257 g/mol. The SMILES string of the molecule is Cc1ccc(S(=O)(=O)NCCC(C)(C)O)c(F)c1. The zero-order valence-electron chi connectivity index (χ0n) is 10.7. The summed E-state index contributed by atoms with van der Waals surface area (Å²) in [5, 5.41) is 9.47. The van der Waals surface area contributed by atoms with Gasteiger partial charge in [-0.1, -0.05) is 6.07 Å². The van der Waals surface area contributed by atoms with Crippen LogP contribution in [0.25, 0.3) is 0 Å². The van der Waals surface area contributed by atoms with Gasteiger partial charge in [-0.05, 0) is 44.9 Å². The van der Waals surface area contributed by atoms with Gasteiger partial charge in [0.2, 0.25) is 10.0 Å². The van der Waals surface area contributed by atoms with Gasteiger partial charge in [-0.3, -0.25) is 0 Å². The fraction of sp³-hybridized carbons (Fsp3) is 0.500. The maximum atomic E-state index is 13.5. The van der Waals surface area contributed by atoms with Crippen LogP contribution in [0.5, 0.6) is 0 Å². The molecule has 0 radical (unpaired) electrons. The molecule has 0 aliphatic rings. The topological polar surface area (TPSA) is 66.4 Å². The molecule has 0 unspecified atom stereocenters. The Hall–Kier alpha value is -0.980. The number of aliphatic hydroxyl groups is 1. The third-order valence-electron chi connectivity index (χ3n) is 2.41. The molecule has 1 aromatic rings. The quantitative estimate of drug-likeness (QED) is 0.857. The summed E-state index contributed by atoms with van der Waals surface area (Å²) in [6.45, 7) is 4.89. The summed E-state index contributed by atoms with van der Waals surface area (Å²) >= 11 is 0. The standard InChI is InChI=1S/C12H18FNO3S/c1-9-4-5-11(10(13)8-9)18(16,17)14-7-6-12(2,3)15/h4-5,8,14-15H,6-7H2,1-3H3. The molecular formula is C12H18FNO3S. The third kappa shape index (κ3) is 4.36. The predicted octanol–water partition coefficient (Wildman–Crippen LogP) is 1.57. The minimum absolute atomic E-state index is 0.0547. The van der Waals surface area contributed by atoms with Gasteiger partial charge in [-0.2, -0.15) is 0 Å². The Morgan fingerprint density at radius 1 is 1.39 bits per heavy atom. The van der Waals surface area contributed by atoms with Crippen molar-refractivity contribution >= 4 is 10.0 Å². The van der Waals surface area contributed by atoms with Crippen molar-refractivity contribution in [3.63, 3.8) is 0 Å². The zero-order valence-corrected chi connectivity index (χ0v) is 11.5. The van der Waals surface area contributed by atoms with E-state index in [-0.39, 0.29) is 17.9 Å². The monoisotopic (exact) mass is 275 g/mol. The number of rotatable bonds is 5. The molecule has 6 heteroatoms. The van der Waals surface area contributed by atoms with E-state index < -0.39 is 21.4 Å². The van der Waals surface area contributed by atoms with E-state index in [1.54, 1.807) is 20.8 Å². The lowest BCUT2D eigenvalue weighted by Gasteiger charge is -2.17. The van der Waals surface area contributed by atoms with Gasteiger partial charge in [-0.25, -0.2) is 17.5 Å². The Morgan fingerprint density at radius 3 is 2.50 bits per heavy atom. The van der Waals surface area contributed by atoms with Crippen LogP contribution in [0.3, 0.4) is 0 Å². The van der Waals surface area contributed by atoms with Crippen LogP contribution in [0, 0.1) is 12.7 Å². The molecule has 1 rings (SSSR count). The van der Waals surface area contributed by atoms with Crippen LogP contribution in [0.4, 0.5) is 4.39 Å². The zero-order chi connectivity index (χ0) is 14.0. The molecule has 18 heavy (non-hydrogen) atoms. The second-order valence-corrected chi connectivity index (χ2v) is 6.63. The normalized spacial score (nSPS) is 12.7. The first-order valence-corrected chi connectivity index (χ1v) is 7.08. The first kappa shape index (κ1) is 15.1. The van der Waals surface area contributed by atoms with Crippen molar-refractivity contribution < 1.29 is 17.9 Å². The molecule has 0 atom stereocenters. The summed E-state index contributed by atoms with van der Waals surface area (Å²) in [4.78, 5) is -0.371. The van der Waals surface area contributed by atoms with Gasteiger partial charge >= 0.3 is 0 Å². The molecule has 0 amide bonds. The van der Waals surface area contributed by atoms with E-state index in [2.05, 4.69) is 4.72 Å². The van der Waals surface area contributed by atoms with Crippen molar-refractivity contribution in [3.05, 3.63) is 29.6 Å². The minimum Gasteiger partial charge on any atom is -0.390 e. The highest BCUT2D eigenvalue weighted by Gasteiger charge is 2.20. The van der Waals surface area contributed by atoms with Crippen LogP contribution in [0.2, 0.25) is 0 Å². The molecule has 0 saturated carbocycles. The molecule has 0 aliphatic heterocycles. The van der Waals surface area contributed by atoms with E-state index in [1.165, 1.54) is 18.2 Å². The summed E-state index contributed by atoms with van der Waals surface area (Å²) in [6.07, 6.45) is 0.250. The number of benzene rings is 1. The number of nitrogens with one attached hydrogen (secondary N) is 1. The van der Waals surface area contributed by atoms with E-state index in [0.29, 0.717) is 5.56 Å². The first-order chi connectivity index (χ1) is 8.12. The summed E-state index contributed by atoms with van der Waals surface area (Å²) < 4.78 is 39.4. The molecule has 0 aromatic heterocycles. The van der Waals surface area contributed by atoms with Crippen LogP contribution in [-0.4, -0.2) is 25.7 Å². The number of hydrogen-bond acceptors (Lipinski definition) is 3. The highest BCUT2D eigenvalue weighted by atomic mass is 32.2. The van der Waals surface area contributed by atoms with Gasteiger partial charge in [-0.15, -0.1) is 0 Å². The summed E-state index contributed by atoms with van der Waals surface area (Å²) in [5.74, 6) is -0.772. The van der Waals surface area contributed by atoms with Gasteiger partial charge in [0, 0.05) is 6.54 Å². The lowest BCUT2D eigenvalue weighted by atomic mass is 10.1. The van der Waals surface area contributed by atoms with E-state index >= 15 is 0 Å². The Kier molecular flexibility index (Phi) is 4.47. The van der Waals surface area contributed by atoms with Crippen LogP contribution >= 0.6 is 0 Å². The fourth-order valence-electron chi connectivity index (χ4n) is 1.39. The maximum Gasteiger partial charge on any atom is 0.243 e. The second kappa shape index (κ2) is 5.34. The lowest BCUT2D eigenvalue weighted by molar-refractivity contribution is 0.0728. The molecule has 4 nitrogen and oxygen atoms in total. The highest BCUT2D eigenvalue weighted by Crippen LogP contribution is 2.16. The molecule has 0 fully saturated rings. The maximum absolute atomic E-state index is 13.5. The fourth-order valence-corrected chi connectivity index (χ4v) is 2.48. The minimum atomic E-state index is -3.87.